The zero-order chi connectivity index (χ0) is 15.2. The molecule has 1 heterocycles. The molecule has 0 atom stereocenters. The standard InChI is InChI=1S/C15H19N3O3/c1-19-9-11-7-15(16)18-17-13(11)6-10-4-5-12(20-2)8-14(10)21-3/h4-5,7-8H,6,9H2,1-3H3,(H2,16,18). The molecular weight excluding hydrogens is 270 g/mol. The average molecular weight is 289 g/mol. The highest BCUT2D eigenvalue weighted by Crippen LogP contribution is 2.27. The van der Waals surface area contributed by atoms with Crippen LogP contribution in [0.15, 0.2) is 24.3 Å². The lowest BCUT2D eigenvalue weighted by atomic mass is 10.0. The summed E-state index contributed by atoms with van der Waals surface area (Å²) < 4.78 is 15.8. The molecule has 2 rings (SSSR count). The van der Waals surface area contributed by atoms with Gasteiger partial charge in [0.15, 0.2) is 0 Å². The van der Waals surface area contributed by atoms with Crippen molar-refractivity contribution < 1.29 is 14.2 Å². The molecule has 0 radical (unpaired) electrons. The number of anilines is 1. The van der Waals surface area contributed by atoms with Crippen molar-refractivity contribution in [3.05, 3.63) is 41.1 Å². The van der Waals surface area contributed by atoms with Crippen molar-refractivity contribution in [3.8, 4) is 11.5 Å². The molecule has 0 saturated heterocycles. The largest absolute Gasteiger partial charge is 0.497 e. The second-order valence-corrected chi connectivity index (χ2v) is 4.53. The van der Waals surface area contributed by atoms with E-state index in [0.29, 0.717) is 18.8 Å². The molecule has 2 aromatic rings. The van der Waals surface area contributed by atoms with E-state index in [1.54, 1.807) is 27.4 Å². The van der Waals surface area contributed by atoms with Gasteiger partial charge in [-0.15, -0.1) is 5.10 Å². The number of nitrogen functional groups attached to an aromatic ring is 1. The van der Waals surface area contributed by atoms with Crippen LogP contribution in [0.4, 0.5) is 5.82 Å². The van der Waals surface area contributed by atoms with Crippen LogP contribution in [0.3, 0.4) is 0 Å². The molecule has 0 amide bonds. The average Bonchev–Trinajstić information content (AvgIpc) is 2.50. The lowest BCUT2D eigenvalue weighted by Crippen LogP contribution is -2.06. The van der Waals surface area contributed by atoms with Gasteiger partial charge in [0.25, 0.3) is 0 Å². The third-order valence-corrected chi connectivity index (χ3v) is 3.13. The van der Waals surface area contributed by atoms with E-state index >= 15 is 0 Å². The van der Waals surface area contributed by atoms with Crippen LogP contribution in [0.5, 0.6) is 11.5 Å². The molecule has 2 N–H and O–H groups in total. The zero-order valence-corrected chi connectivity index (χ0v) is 12.4. The van der Waals surface area contributed by atoms with Crippen molar-refractivity contribution in [2.24, 2.45) is 0 Å². The Kier molecular flexibility index (Phi) is 4.94. The summed E-state index contributed by atoms with van der Waals surface area (Å²) >= 11 is 0. The zero-order valence-electron chi connectivity index (χ0n) is 12.4. The van der Waals surface area contributed by atoms with Crippen LogP contribution in [0.25, 0.3) is 0 Å². The van der Waals surface area contributed by atoms with Gasteiger partial charge in [0, 0.05) is 30.7 Å². The van der Waals surface area contributed by atoms with E-state index in [0.717, 1.165) is 28.3 Å². The van der Waals surface area contributed by atoms with Gasteiger partial charge in [0.2, 0.25) is 0 Å². The Hall–Kier alpha value is -2.34. The molecule has 6 nitrogen and oxygen atoms in total. The Morgan fingerprint density at radius 3 is 2.48 bits per heavy atom. The molecule has 0 spiro atoms. The number of methoxy groups -OCH3 is 3. The predicted octanol–water partition coefficient (Wildman–Crippen LogP) is 1.81. The van der Waals surface area contributed by atoms with Crippen LogP contribution >= 0.6 is 0 Å². The Bertz CT molecular complexity index is 617. The normalized spacial score (nSPS) is 10.4. The summed E-state index contributed by atoms with van der Waals surface area (Å²) in [6.07, 6.45) is 0.582. The minimum absolute atomic E-state index is 0.382. The summed E-state index contributed by atoms with van der Waals surface area (Å²) in [7, 11) is 4.88. The number of aromatic nitrogens is 2. The van der Waals surface area contributed by atoms with E-state index in [9.17, 15) is 0 Å². The van der Waals surface area contributed by atoms with Crippen molar-refractivity contribution in [2.75, 3.05) is 27.1 Å². The molecule has 1 aromatic carbocycles. The molecule has 112 valence electrons. The molecule has 0 aliphatic rings. The molecule has 0 saturated carbocycles. The number of nitrogens with zero attached hydrogens (tertiary/aromatic N) is 2. The number of benzene rings is 1. The maximum Gasteiger partial charge on any atom is 0.146 e. The number of hydrogen-bond acceptors (Lipinski definition) is 6. The maximum absolute atomic E-state index is 5.67. The smallest absolute Gasteiger partial charge is 0.146 e. The molecule has 0 aliphatic heterocycles. The highest BCUT2D eigenvalue weighted by atomic mass is 16.5. The van der Waals surface area contributed by atoms with Crippen LogP contribution < -0.4 is 15.2 Å². The monoisotopic (exact) mass is 289 g/mol. The van der Waals surface area contributed by atoms with Gasteiger partial charge < -0.3 is 19.9 Å². The first-order valence-electron chi connectivity index (χ1n) is 6.48. The van der Waals surface area contributed by atoms with Gasteiger partial charge in [-0.1, -0.05) is 6.07 Å². The summed E-state index contributed by atoms with van der Waals surface area (Å²) in [6, 6.07) is 7.46. The SMILES string of the molecule is COCc1cc(N)nnc1Cc1ccc(OC)cc1OC. The van der Waals surface area contributed by atoms with Crippen LogP contribution in [0.2, 0.25) is 0 Å². The van der Waals surface area contributed by atoms with Crippen molar-refractivity contribution >= 4 is 5.82 Å². The molecule has 0 fully saturated rings. The quantitative estimate of drug-likeness (QED) is 0.873. The first kappa shape index (κ1) is 15.1. The van der Waals surface area contributed by atoms with E-state index in [-0.39, 0.29) is 0 Å². The molecule has 1 aromatic heterocycles. The Labute approximate surface area is 123 Å². The lowest BCUT2D eigenvalue weighted by molar-refractivity contribution is 0.183. The van der Waals surface area contributed by atoms with Gasteiger partial charge in [-0.25, -0.2) is 0 Å². The maximum atomic E-state index is 5.67. The summed E-state index contributed by atoms with van der Waals surface area (Å²) in [4.78, 5) is 0. The summed E-state index contributed by atoms with van der Waals surface area (Å²) in [5.74, 6) is 1.87. The third kappa shape index (κ3) is 3.61. The van der Waals surface area contributed by atoms with Crippen LogP contribution in [0, 0.1) is 0 Å². The first-order valence-corrected chi connectivity index (χ1v) is 6.48. The second kappa shape index (κ2) is 6.90. The topological polar surface area (TPSA) is 79.5 Å². The molecule has 21 heavy (non-hydrogen) atoms. The molecule has 0 bridgehead atoms. The lowest BCUT2D eigenvalue weighted by Gasteiger charge is -2.12. The second-order valence-electron chi connectivity index (χ2n) is 4.53. The van der Waals surface area contributed by atoms with E-state index in [4.69, 9.17) is 19.9 Å². The predicted molar refractivity (Wildman–Crippen MR) is 79.5 cm³/mol. The van der Waals surface area contributed by atoms with Crippen molar-refractivity contribution in [1.29, 1.82) is 0 Å². The molecular formula is C15H19N3O3. The van der Waals surface area contributed by atoms with Gasteiger partial charge >= 0.3 is 0 Å². The summed E-state index contributed by atoms with van der Waals surface area (Å²) in [5, 5.41) is 8.08. The van der Waals surface area contributed by atoms with Gasteiger partial charge in [-0.05, 0) is 12.1 Å². The number of ether oxygens (including phenoxy) is 3. The van der Waals surface area contributed by atoms with Crippen molar-refractivity contribution in [1.82, 2.24) is 10.2 Å². The number of hydrogen-bond donors (Lipinski definition) is 1. The van der Waals surface area contributed by atoms with Gasteiger partial charge in [-0.2, -0.15) is 5.10 Å². The molecule has 6 heteroatoms. The van der Waals surface area contributed by atoms with E-state index in [2.05, 4.69) is 10.2 Å². The highest BCUT2D eigenvalue weighted by Gasteiger charge is 2.11. The summed E-state index contributed by atoms with van der Waals surface area (Å²) in [5.41, 5.74) is 8.40. The number of nitrogens with two attached hydrogens (primary N) is 1. The van der Waals surface area contributed by atoms with Crippen molar-refractivity contribution in [2.45, 2.75) is 13.0 Å². The Morgan fingerprint density at radius 1 is 1.00 bits per heavy atom. The fraction of sp³-hybridized carbons (Fsp3) is 0.333. The van der Waals surface area contributed by atoms with Crippen LogP contribution in [-0.4, -0.2) is 31.5 Å². The van der Waals surface area contributed by atoms with E-state index in [1.807, 2.05) is 18.2 Å². The summed E-state index contributed by atoms with van der Waals surface area (Å²) in [6.45, 7) is 0.438. The van der Waals surface area contributed by atoms with Crippen molar-refractivity contribution in [3.63, 3.8) is 0 Å². The van der Waals surface area contributed by atoms with E-state index in [1.165, 1.54) is 0 Å². The minimum Gasteiger partial charge on any atom is -0.497 e. The fourth-order valence-corrected chi connectivity index (χ4v) is 2.08. The number of rotatable bonds is 6. The fourth-order valence-electron chi connectivity index (χ4n) is 2.08. The first-order chi connectivity index (χ1) is 10.2. The Morgan fingerprint density at radius 2 is 1.81 bits per heavy atom. The van der Waals surface area contributed by atoms with Gasteiger partial charge in [-0.3, -0.25) is 0 Å². The Balaban J connectivity index is 2.33. The molecule has 0 aliphatic carbocycles. The minimum atomic E-state index is 0.382. The van der Waals surface area contributed by atoms with Crippen LogP contribution in [-0.2, 0) is 17.8 Å². The van der Waals surface area contributed by atoms with Gasteiger partial charge in [0.05, 0.1) is 26.5 Å². The van der Waals surface area contributed by atoms with Crippen LogP contribution in [0.1, 0.15) is 16.8 Å². The van der Waals surface area contributed by atoms with Gasteiger partial charge in [0.1, 0.15) is 17.3 Å². The molecule has 0 unspecified atom stereocenters. The highest BCUT2D eigenvalue weighted by molar-refractivity contribution is 5.44. The third-order valence-electron chi connectivity index (χ3n) is 3.13. The van der Waals surface area contributed by atoms with E-state index < -0.39 is 0 Å².